The van der Waals surface area contributed by atoms with Gasteiger partial charge in [-0.15, -0.1) is 0 Å². The first-order chi connectivity index (χ1) is 20.9. The summed E-state index contributed by atoms with van der Waals surface area (Å²) in [5, 5.41) is 5.61. The molecule has 0 spiro atoms. The highest BCUT2D eigenvalue weighted by molar-refractivity contribution is 6.10. The number of nitrogens with zero attached hydrogens (tertiary/aromatic N) is 6. The smallest absolute Gasteiger partial charge is 0.323 e. The van der Waals surface area contributed by atoms with Crippen LogP contribution in [0.2, 0.25) is 0 Å². The van der Waals surface area contributed by atoms with Crippen molar-refractivity contribution in [1.29, 1.82) is 0 Å². The number of nitrogens with one attached hydrogen (secondary N) is 2. The van der Waals surface area contributed by atoms with Crippen LogP contribution in [-0.2, 0) is 4.74 Å². The van der Waals surface area contributed by atoms with Gasteiger partial charge >= 0.3 is 6.03 Å². The number of aliphatic imine (C=N–C) groups is 1. The Morgan fingerprint density at radius 3 is 2.23 bits per heavy atom. The van der Waals surface area contributed by atoms with Crippen molar-refractivity contribution in [3.05, 3.63) is 78.1 Å². The van der Waals surface area contributed by atoms with Gasteiger partial charge in [-0.2, -0.15) is 0 Å². The minimum absolute atomic E-state index is 0.108. The molecule has 0 radical (unpaired) electrons. The number of fused-ring (bicyclic) bond motifs is 1. The Balaban J connectivity index is 1.38. The maximum absolute atomic E-state index is 12.6. The molecule has 0 aliphatic carbocycles. The molecule has 3 amide bonds. The number of nitrogens with two attached hydrogens (primary N) is 1. The van der Waals surface area contributed by atoms with E-state index in [2.05, 4.69) is 20.5 Å². The first kappa shape index (κ1) is 29.1. The molecule has 1 aliphatic rings. The Labute approximate surface area is 249 Å². The Kier molecular flexibility index (Phi) is 8.87. The van der Waals surface area contributed by atoms with Crippen LogP contribution in [-0.4, -0.2) is 85.5 Å². The molecule has 2 aromatic carbocycles. The van der Waals surface area contributed by atoms with Crippen LogP contribution in [0.1, 0.15) is 15.9 Å². The van der Waals surface area contributed by atoms with E-state index in [9.17, 15) is 9.59 Å². The van der Waals surface area contributed by atoms with E-state index in [-0.39, 0.29) is 5.91 Å². The number of carbonyl (C=O) groups excluding carboxylic acids is 2. The summed E-state index contributed by atoms with van der Waals surface area (Å²) in [7, 11) is 5.06. The van der Waals surface area contributed by atoms with E-state index in [4.69, 9.17) is 25.4 Å². The molecule has 1 fully saturated rings. The lowest BCUT2D eigenvalue weighted by Crippen LogP contribution is -2.37. The fourth-order valence-corrected chi connectivity index (χ4v) is 4.59. The van der Waals surface area contributed by atoms with E-state index in [1.807, 2.05) is 18.2 Å². The molecule has 2 aromatic heterocycles. The normalized spacial score (nSPS) is 13.7. The van der Waals surface area contributed by atoms with Crippen LogP contribution in [0.15, 0.2) is 72.0 Å². The van der Waals surface area contributed by atoms with Gasteiger partial charge < -0.3 is 30.9 Å². The van der Waals surface area contributed by atoms with Gasteiger partial charge in [0.1, 0.15) is 5.52 Å². The van der Waals surface area contributed by atoms with Gasteiger partial charge in [-0.25, -0.2) is 14.8 Å². The molecule has 43 heavy (non-hydrogen) atoms. The lowest BCUT2D eigenvalue weighted by molar-refractivity contribution is 0.0827. The molecule has 0 atom stereocenters. The van der Waals surface area contributed by atoms with Crippen molar-refractivity contribution in [3.8, 4) is 11.4 Å². The van der Waals surface area contributed by atoms with Gasteiger partial charge in [-0.1, -0.05) is 0 Å². The van der Waals surface area contributed by atoms with Crippen LogP contribution >= 0.6 is 0 Å². The SMILES string of the molecule is CN=CC(=CN)c1cnc2c(N3CCOCC3)nc(-c3ccc(NC(=O)Nc4ccc(C(=O)N(C)C)cc4)cc3)nc2c1. The van der Waals surface area contributed by atoms with E-state index in [1.165, 1.54) is 11.1 Å². The number of pyridine rings is 1. The lowest BCUT2D eigenvalue weighted by Gasteiger charge is -2.28. The first-order valence-electron chi connectivity index (χ1n) is 13.7. The number of aromatic nitrogens is 3. The first-order valence-corrected chi connectivity index (χ1v) is 13.7. The number of carbonyl (C=O) groups is 2. The highest BCUT2D eigenvalue weighted by Crippen LogP contribution is 2.29. The molecule has 4 N–H and O–H groups in total. The van der Waals surface area contributed by atoms with Gasteiger partial charge in [0.2, 0.25) is 0 Å². The zero-order valence-electron chi connectivity index (χ0n) is 24.2. The number of hydrogen-bond donors (Lipinski definition) is 3. The van der Waals surface area contributed by atoms with Crippen LogP contribution in [0.4, 0.5) is 22.0 Å². The third-order valence-corrected chi connectivity index (χ3v) is 6.81. The summed E-state index contributed by atoms with van der Waals surface area (Å²) in [4.78, 5) is 46.9. The van der Waals surface area contributed by atoms with Gasteiger partial charge in [-0.05, 0) is 54.6 Å². The molecule has 1 aliphatic heterocycles. The molecule has 12 heteroatoms. The zero-order chi connectivity index (χ0) is 30.3. The molecular weight excluding hydrogens is 546 g/mol. The van der Waals surface area contributed by atoms with Crippen LogP contribution in [0.25, 0.3) is 28.0 Å². The predicted molar refractivity (Wildman–Crippen MR) is 169 cm³/mol. The maximum Gasteiger partial charge on any atom is 0.323 e. The third kappa shape index (κ3) is 6.76. The summed E-state index contributed by atoms with van der Waals surface area (Å²) >= 11 is 0. The minimum Gasteiger partial charge on any atom is -0.404 e. The van der Waals surface area contributed by atoms with Crippen molar-refractivity contribution < 1.29 is 14.3 Å². The highest BCUT2D eigenvalue weighted by Gasteiger charge is 2.20. The van der Waals surface area contributed by atoms with Crippen molar-refractivity contribution in [3.63, 3.8) is 0 Å². The number of anilines is 3. The number of hydrogen-bond acceptors (Lipinski definition) is 9. The number of rotatable bonds is 7. The van der Waals surface area contributed by atoms with E-state index in [0.717, 1.165) is 22.5 Å². The summed E-state index contributed by atoms with van der Waals surface area (Å²) in [5.41, 5.74) is 11.2. The molecule has 4 aromatic rings. The summed E-state index contributed by atoms with van der Waals surface area (Å²) < 4.78 is 5.55. The van der Waals surface area contributed by atoms with Crippen molar-refractivity contribution in [2.45, 2.75) is 0 Å². The number of morpholine rings is 1. The van der Waals surface area contributed by atoms with Crippen molar-refractivity contribution in [1.82, 2.24) is 19.9 Å². The summed E-state index contributed by atoms with van der Waals surface area (Å²) in [6.45, 7) is 2.59. The molecule has 1 saturated heterocycles. The number of allylic oxidation sites excluding steroid dienone is 1. The van der Waals surface area contributed by atoms with E-state index < -0.39 is 6.03 Å². The molecule has 0 saturated carbocycles. The molecular formula is C31H33N9O3. The fraction of sp³-hybridized carbons (Fsp3) is 0.226. The topological polar surface area (TPSA) is 151 Å². The summed E-state index contributed by atoms with van der Waals surface area (Å²) in [6.07, 6.45) is 4.92. The summed E-state index contributed by atoms with van der Waals surface area (Å²) in [6, 6.07) is 15.5. The standard InChI is InChI=1S/C31H33N9O3/c1-33-18-23(17-32)22-16-26-27(34-19-22)29(40-12-14-43-15-13-40)38-28(37-26)20-4-8-24(9-5-20)35-31(42)36-25-10-6-21(7-11-25)30(41)39(2)3/h4-11,16-19H,12-15,32H2,1-3H3,(H2,35,36,42). The average Bonchev–Trinajstić information content (AvgIpc) is 3.03. The Morgan fingerprint density at radius 1 is 0.977 bits per heavy atom. The molecule has 0 unspecified atom stereocenters. The fourth-order valence-electron chi connectivity index (χ4n) is 4.59. The van der Waals surface area contributed by atoms with Gasteiger partial charge in [0, 0.05) is 86.5 Å². The van der Waals surface area contributed by atoms with Crippen LogP contribution in [0, 0.1) is 0 Å². The number of amides is 3. The number of benzene rings is 2. The minimum atomic E-state index is -0.408. The molecule has 0 bridgehead atoms. The van der Waals surface area contributed by atoms with E-state index in [1.54, 1.807) is 70.0 Å². The molecule has 12 nitrogen and oxygen atoms in total. The van der Waals surface area contributed by atoms with Crippen molar-refractivity contribution in [2.24, 2.45) is 10.7 Å². The van der Waals surface area contributed by atoms with Gasteiger partial charge in [0.15, 0.2) is 11.6 Å². The second kappa shape index (κ2) is 13.1. The van der Waals surface area contributed by atoms with Crippen LogP contribution < -0.4 is 21.3 Å². The molecule has 220 valence electrons. The molecule has 3 heterocycles. The quantitative estimate of drug-likeness (QED) is 0.279. The molecule has 5 rings (SSSR count). The van der Waals surface area contributed by atoms with Crippen LogP contribution in [0.5, 0.6) is 0 Å². The monoisotopic (exact) mass is 579 g/mol. The van der Waals surface area contributed by atoms with E-state index in [0.29, 0.717) is 60.1 Å². The third-order valence-electron chi connectivity index (χ3n) is 6.81. The second-order valence-corrected chi connectivity index (χ2v) is 10.0. The lowest BCUT2D eigenvalue weighted by atomic mass is 10.1. The Morgan fingerprint density at radius 2 is 1.63 bits per heavy atom. The van der Waals surface area contributed by atoms with Gasteiger partial charge in [-0.3, -0.25) is 14.8 Å². The van der Waals surface area contributed by atoms with Crippen molar-refractivity contribution >= 4 is 52.0 Å². The average molecular weight is 580 g/mol. The second-order valence-electron chi connectivity index (χ2n) is 10.0. The van der Waals surface area contributed by atoms with Crippen molar-refractivity contribution in [2.75, 3.05) is 63.0 Å². The largest absolute Gasteiger partial charge is 0.404 e. The van der Waals surface area contributed by atoms with E-state index >= 15 is 0 Å². The maximum atomic E-state index is 12.6. The Hall–Kier alpha value is -5.36. The van der Waals surface area contributed by atoms with Gasteiger partial charge in [0.25, 0.3) is 5.91 Å². The van der Waals surface area contributed by atoms with Crippen LogP contribution in [0.3, 0.4) is 0 Å². The summed E-state index contributed by atoms with van der Waals surface area (Å²) in [5.74, 6) is 1.15. The predicted octanol–water partition coefficient (Wildman–Crippen LogP) is 3.87. The highest BCUT2D eigenvalue weighted by atomic mass is 16.5. The zero-order valence-corrected chi connectivity index (χ0v) is 24.2. The number of ether oxygens (including phenoxy) is 1. The Bertz CT molecular complexity index is 1680. The number of urea groups is 1. The van der Waals surface area contributed by atoms with Gasteiger partial charge in [0.05, 0.1) is 18.7 Å².